The number of halogens is 1. The van der Waals surface area contributed by atoms with E-state index in [1.54, 1.807) is 18.3 Å². The Labute approximate surface area is 158 Å². The molecule has 3 amide bonds. The highest BCUT2D eigenvalue weighted by Gasteiger charge is 2.19. The number of rotatable bonds is 9. The highest BCUT2D eigenvalue weighted by molar-refractivity contribution is 5.86. The quantitative estimate of drug-likeness (QED) is 0.633. The molecule has 3 N–H and O–H groups in total. The van der Waals surface area contributed by atoms with Gasteiger partial charge in [0.25, 0.3) is 0 Å². The fourth-order valence-corrected chi connectivity index (χ4v) is 2.53. The Morgan fingerprint density at radius 1 is 1.11 bits per heavy atom. The van der Waals surface area contributed by atoms with Gasteiger partial charge in [0.1, 0.15) is 11.9 Å². The molecule has 1 aromatic carbocycles. The lowest BCUT2D eigenvalue weighted by Gasteiger charge is -2.18. The first kappa shape index (κ1) is 20.4. The minimum atomic E-state index is -0.605. The lowest BCUT2D eigenvalue weighted by molar-refractivity contribution is -0.123. The Bertz CT molecular complexity index is 723. The van der Waals surface area contributed by atoms with Gasteiger partial charge in [0.2, 0.25) is 5.91 Å². The largest absolute Gasteiger partial charge is 0.354 e. The zero-order chi connectivity index (χ0) is 19.5. The van der Waals surface area contributed by atoms with Crippen LogP contribution in [0.3, 0.4) is 0 Å². The smallest absolute Gasteiger partial charge is 0.315 e. The molecule has 0 radical (unpaired) electrons. The van der Waals surface area contributed by atoms with E-state index in [9.17, 15) is 14.0 Å². The van der Waals surface area contributed by atoms with Crippen LogP contribution in [0.4, 0.5) is 9.18 Å². The summed E-state index contributed by atoms with van der Waals surface area (Å²) in [6, 6.07) is 10.5. The average Bonchev–Trinajstić information content (AvgIpc) is 2.68. The molecule has 0 aliphatic carbocycles. The number of nitrogens with zero attached hydrogens (tertiary/aromatic N) is 1. The van der Waals surface area contributed by atoms with Gasteiger partial charge in [-0.05, 0) is 36.2 Å². The van der Waals surface area contributed by atoms with Crippen LogP contribution in [0.25, 0.3) is 0 Å². The van der Waals surface area contributed by atoms with Crippen molar-refractivity contribution in [2.24, 2.45) is 0 Å². The van der Waals surface area contributed by atoms with Crippen molar-refractivity contribution in [3.8, 4) is 0 Å². The van der Waals surface area contributed by atoms with Crippen LogP contribution in [0, 0.1) is 5.82 Å². The summed E-state index contributed by atoms with van der Waals surface area (Å²) in [5.41, 5.74) is 1.67. The van der Waals surface area contributed by atoms with E-state index in [0.29, 0.717) is 19.4 Å². The molecule has 1 atom stereocenters. The SMILES string of the molecule is CCCC(NC(=O)NCc1ccc(F)cc1)C(=O)NCCc1ccccn1. The summed E-state index contributed by atoms with van der Waals surface area (Å²) in [7, 11) is 0. The van der Waals surface area contributed by atoms with Crippen LogP contribution >= 0.6 is 0 Å². The van der Waals surface area contributed by atoms with Crippen LogP contribution in [0.5, 0.6) is 0 Å². The van der Waals surface area contributed by atoms with Crippen LogP contribution in [-0.2, 0) is 17.8 Å². The third kappa shape index (κ3) is 7.43. The van der Waals surface area contributed by atoms with Gasteiger partial charge in [-0.2, -0.15) is 0 Å². The monoisotopic (exact) mass is 372 g/mol. The molecule has 0 saturated heterocycles. The number of carbonyl (C=O) groups excluding carboxylic acids is 2. The van der Waals surface area contributed by atoms with E-state index < -0.39 is 12.1 Å². The van der Waals surface area contributed by atoms with Crippen molar-refractivity contribution in [2.45, 2.75) is 38.8 Å². The molecule has 0 saturated carbocycles. The van der Waals surface area contributed by atoms with Crippen molar-refractivity contribution in [1.29, 1.82) is 0 Å². The number of hydrogen-bond acceptors (Lipinski definition) is 3. The third-order valence-corrected chi connectivity index (χ3v) is 3.97. The summed E-state index contributed by atoms with van der Waals surface area (Å²) < 4.78 is 12.9. The Balaban J connectivity index is 1.77. The lowest BCUT2D eigenvalue weighted by Crippen LogP contribution is -2.50. The summed E-state index contributed by atoms with van der Waals surface area (Å²) in [5, 5.41) is 8.22. The maximum atomic E-state index is 12.9. The van der Waals surface area contributed by atoms with Gasteiger partial charge in [-0.3, -0.25) is 9.78 Å². The number of carbonyl (C=O) groups is 2. The zero-order valence-corrected chi connectivity index (χ0v) is 15.4. The standard InChI is InChI=1S/C20H25FN4O2/c1-2-5-18(19(26)23-13-11-17-6-3-4-12-22-17)25-20(27)24-14-15-7-9-16(21)10-8-15/h3-4,6-10,12,18H,2,5,11,13-14H2,1H3,(H,23,26)(H2,24,25,27). The predicted molar refractivity (Wildman–Crippen MR) is 101 cm³/mol. The van der Waals surface area contributed by atoms with E-state index in [1.165, 1.54) is 12.1 Å². The van der Waals surface area contributed by atoms with E-state index in [0.717, 1.165) is 17.7 Å². The third-order valence-electron chi connectivity index (χ3n) is 3.97. The van der Waals surface area contributed by atoms with Crippen LogP contribution in [0.1, 0.15) is 31.0 Å². The Morgan fingerprint density at radius 2 is 1.89 bits per heavy atom. The van der Waals surface area contributed by atoms with Crippen molar-refractivity contribution in [3.05, 3.63) is 65.7 Å². The molecule has 0 aliphatic heterocycles. The van der Waals surface area contributed by atoms with Crippen molar-refractivity contribution >= 4 is 11.9 Å². The molecular weight excluding hydrogens is 347 g/mol. The second kappa shape index (κ2) is 10.9. The van der Waals surface area contributed by atoms with E-state index in [1.807, 2.05) is 25.1 Å². The number of aromatic nitrogens is 1. The van der Waals surface area contributed by atoms with E-state index in [2.05, 4.69) is 20.9 Å². The van der Waals surface area contributed by atoms with E-state index >= 15 is 0 Å². The summed E-state index contributed by atoms with van der Waals surface area (Å²) in [4.78, 5) is 28.6. The summed E-state index contributed by atoms with van der Waals surface area (Å²) in [6.45, 7) is 2.66. The molecule has 0 spiro atoms. The number of hydrogen-bond donors (Lipinski definition) is 3. The normalized spacial score (nSPS) is 11.5. The molecule has 6 nitrogen and oxygen atoms in total. The molecule has 0 aliphatic rings. The van der Waals surface area contributed by atoms with Crippen LogP contribution in [0.15, 0.2) is 48.7 Å². The molecule has 0 bridgehead atoms. The molecule has 0 fully saturated rings. The summed E-state index contributed by atoms with van der Waals surface area (Å²) >= 11 is 0. The highest BCUT2D eigenvalue weighted by atomic mass is 19.1. The van der Waals surface area contributed by atoms with Gasteiger partial charge >= 0.3 is 6.03 Å². The second-order valence-electron chi connectivity index (χ2n) is 6.16. The molecule has 2 aromatic rings. The van der Waals surface area contributed by atoms with Crippen molar-refractivity contribution < 1.29 is 14.0 Å². The summed E-state index contributed by atoms with van der Waals surface area (Å²) in [5.74, 6) is -0.543. The number of benzene rings is 1. The number of urea groups is 1. The van der Waals surface area contributed by atoms with Gasteiger partial charge in [0, 0.05) is 31.4 Å². The molecule has 1 unspecified atom stereocenters. The molecule has 2 rings (SSSR count). The van der Waals surface area contributed by atoms with Gasteiger partial charge in [-0.15, -0.1) is 0 Å². The maximum absolute atomic E-state index is 12.9. The minimum absolute atomic E-state index is 0.218. The molecule has 1 aromatic heterocycles. The van der Waals surface area contributed by atoms with Gasteiger partial charge in [0.15, 0.2) is 0 Å². The maximum Gasteiger partial charge on any atom is 0.315 e. The van der Waals surface area contributed by atoms with Gasteiger partial charge < -0.3 is 16.0 Å². The number of amides is 3. The molecule has 27 heavy (non-hydrogen) atoms. The Kier molecular flexibility index (Phi) is 8.22. The minimum Gasteiger partial charge on any atom is -0.354 e. The van der Waals surface area contributed by atoms with Crippen LogP contribution in [0.2, 0.25) is 0 Å². The average molecular weight is 372 g/mol. The number of nitrogens with one attached hydrogen (secondary N) is 3. The van der Waals surface area contributed by atoms with Crippen LogP contribution in [-0.4, -0.2) is 29.5 Å². The van der Waals surface area contributed by atoms with Crippen LogP contribution < -0.4 is 16.0 Å². The fourth-order valence-electron chi connectivity index (χ4n) is 2.53. The highest BCUT2D eigenvalue weighted by Crippen LogP contribution is 2.02. The van der Waals surface area contributed by atoms with Crippen molar-refractivity contribution in [3.63, 3.8) is 0 Å². The van der Waals surface area contributed by atoms with E-state index in [-0.39, 0.29) is 18.3 Å². The molecule has 7 heteroatoms. The fraction of sp³-hybridized carbons (Fsp3) is 0.350. The molecular formula is C20H25FN4O2. The molecule has 1 heterocycles. The Hall–Kier alpha value is -2.96. The first-order valence-electron chi connectivity index (χ1n) is 9.05. The topological polar surface area (TPSA) is 83.1 Å². The first-order chi connectivity index (χ1) is 13.1. The zero-order valence-electron chi connectivity index (χ0n) is 15.4. The van der Waals surface area contributed by atoms with E-state index in [4.69, 9.17) is 0 Å². The predicted octanol–water partition coefficient (Wildman–Crippen LogP) is 2.55. The summed E-state index contributed by atoms with van der Waals surface area (Å²) in [6.07, 6.45) is 3.64. The first-order valence-corrected chi connectivity index (χ1v) is 9.05. The van der Waals surface area contributed by atoms with Gasteiger partial charge in [-0.1, -0.05) is 31.5 Å². The van der Waals surface area contributed by atoms with Crippen molar-refractivity contribution in [1.82, 2.24) is 20.9 Å². The molecule has 144 valence electrons. The lowest BCUT2D eigenvalue weighted by atomic mass is 10.1. The van der Waals surface area contributed by atoms with Crippen molar-refractivity contribution in [2.75, 3.05) is 6.54 Å². The van der Waals surface area contributed by atoms with Gasteiger partial charge in [0.05, 0.1) is 0 Å². The van der Waals surface area contributed by atoms with Gasteiger partial charge in [-0.25, -0.2) is 9.18 Å². The second-order valence-corrected chi connectivity index (χ2v) is 6.16. The Morgan fingerprint density at radius 3 is 2.56 bits per heavy atom. The number of pyridine rings is 1.